The van der Waals surface area contributed by atoms with E-state index in [0.29, 0.717) is 18.4 Å². The number of amides is 1. The van der Waals surface area contributed by atoms with Crippen LogP contribution in [-0.4, -0.2) is 53.3 Å². The lowest BCUT2D eigenvalue weighted by Gasteiger charge is -2.31. The van der Waals surface area contributed by atoms with Crippen molar-refractivity contribution in [2.45, 2.75) is 43.4 Å². The molecule has 0 bridgehead atoms. The smallest absolute Gasteiger partial charge is 0.240 e. The summed E-state index contributed by atoms with van der Waals surface area (Å²) in [4.78, 5) is 13.1. The van der Waals surface area contributed by atoms with Gasteiger partial charge in [0.05, 0.1) is 29.4 Å². The summed E-state index contributed by atoms with van der Waals surface area (Å²) < 4.78 is 60.4. The van der Waals surface area contributed by atoms with Gasteiger partial charge in [-0.1, -0.05) is 29.3 Å². The number of carbonyl (C=O) groups excluding carboxylic acids is 1. The zero-order valence-electron chi connectivity index (χ0n) is 20.1. The van der Waals surface area contributed by atoms with Crippen LogP contribution in [0.1, 0.15) is 32.3 Å². The van der Waals surface area contributed by atoms with Crippen LogP contribution in [0.3, 0.4) is 0 Å². The molecule has 9 nitrogen and oxygen atoms in total. The molecule has 1 amide bonds. The van der Waals surface area contributed by atoms with E-state index in [1.807, 2.05) is 0 Å². The lowest BCUT2D eigenvalue weighted by molar-refractivity contribution is -0.120. The molecule has 0 saturated carbocycles. The molecule has 2 N–H and O–H groups in total. The van der Waals surface area contributed by atoms with E-state index in [1.165, 1.54) is 29.6 Å². The summed E-state index contributed by atoms with van der Waals surface area (Å²) in [6.07, 6.45) is 0.956. The number of halogens is 2. The van der Waals surface area contributed by atoms with Gasteiger partial charge in [0.1, 0.15) is 5.75 Å². The summed E-state index contributed by atoms with van der Waals surface area (Å²) in [5.41, 5.74) is 0.488. The first-order valence-corrected chi connectivity index (χ1v) is 15.1. The number of benzene rings is 2. The van der Waals surface area contributed by atoms with Gasteiger partial charge in [-0.25, -0.2) is 25.9 Å². The minimum atomic E-state index is -3.80. The van der Waals surface area contributed by atoms with Crippen LogP contribution in [0.15, 0.2) is 41.3 Å². The maximum atomic E-state index is 13.1. The first-order chi connectivity index (χ1) is 16.8. The summed E-state index contributed by atoms with van der Waals surface area (Å²) in [5.74, 6) is -1.18. The van der Waals surface area contributed by atoms with Crippen LogP contribution in [0.5, 0.6) is 5.75 Å². The Bertz CT molecular complexity index is 1310. The normalized spacial score (nSPS) is 17.2. The molecule has 1 fully saturated rings. The lowest BCUT2D eigenvalue weighted by atomic mass is 9.98. The Labute approximate surface area is 222 Å². The van der Waals surface area contributed by atoms with E-state index in [9.17, 15) is 21.6 Å². The second-order valence-electron chi connectivity index (χ2n) is 8.78. The monoisotopic (exact) mass is 577 g/mol. The molecule has 2 aromatic carbocycles. The average molecular weight is 579 g/mol. The van der Waals surface area contributed by atoms with Gasteiger partial charge >= 0.3 is 0 Å². The minimum absolute atomic E-state index is 0.0224. The van der Waals surface area contributed by atoms with E-state index >= 15 is 0 Å². The second kappa shape index (κ2) is 11.7. The third-order valence-corrected chi connectivity index (χ3v) is 9.80. The van der Waals surface area contributed by atoms with E-state index in [-0.39, 0.29) is 51.3 Å². The molecule has 198 valence electrons. The highest BCUT2D eigenvalue weighted by Crippen LogP contribution is 2.31. The van der Waals surface area contributed by atoms with Crippen molar-refractivity contribution in [2.75, 3.05) is 25.5 Å². The summed E-state index contributed by atoms with van der Waals surface area (Å²) >= 11 is 12.3. The Morgan fingerprint density at radius 3 is 2.42 bits per heavy atom. The van der Waals surface area contributed by atoms with Crippen molar-refractivity contribution in [1.82, 2.24) is 9.03 Å². The number of carbonyl (C=O) groups is 1. The molecule has 0 aliphatic carbocycles. The van der Waals surface area contributed by atoms with Crippen molar-refractivity contribution >= 4 is 54.8 Å². The maximum absolute atomic E-state index is 13.1. The number of nitrogens with zero attached hydrogens (tertiary/aromatic N) is 1. The number of nitrogens with one attached hydrogen (secondary N) is 2. The molecule has 0 aromatic heterocycles. The van der Waals surface area contributed by atoms with Crippen LogP contribution in [0.4, 0.5) is 5.69 Å². The number of piperidine rings is 1. The first kappa shape index (κ1) is 28.7. The van der Waals surface area contributed by atoms with Gasteiger partial charge < -0.3 is 10.1 Å². The molecule has 36 heavy (non-hydrogen) atoms. The van der Waals surface area contributed by atoms with Crippen LogP contribution < -0.4 is 14.8 Å². The van der Waals surface area contributed by atoms with Crippen LogP contribution in [0.25, 0.3) is 0 Å². The standard InChI is InChI=1S/C23H29Cl2N3O6S2/c1-15(2)27-36(32,33)17-9-10-22(34-3)21(12-17)26-23(29)16-6-5-11-28(13-16)35(30,31)14-18-19(24)7-4-8-20(18)25/h4,7-10,12,15-16,27H,5-6,11,13-14H2,1-3H3,(H,26,29). The van der Waals surface area contributed by atoms with Gasteiger partial charge in [-0.2, -0.15) is 0 Å². The number of anilines is 1. The molecule has 1 aliphatic heterocycles. The van der Waals surface area contributed by atoms with Crippen LogP contribution in [0.2, 0.25) is 10.0 Å². The fourth-order valence-electron chi connectivity index (χ4n) is 3.92. The Morgan fingerprint density at radius 1 is 1.14 bits per heavy atom. The quantitative estimate of drug-likeness (QED) is 0.466. The van der Waals surface area contributed by atoms with Crippen molar-refractivity contribution < 1.29 is 26.4 Å². The number of methoxy groups -OCH3 is 1. The Morgan fingerprint density at radius 2 is 1.81 bits per heavy atom. The summed E-state index contributed by atoms with van der Waals surface area (Å²) in [6, 6.07) is 8.62. The molecule has 1 saturated heterocycles. The molecule has 1 atom stereocenters. The van der Waals surface area contributed by atoms with Gasteiger partial charge in [0.15, 0.2) is 0 Å². The van der Waals surface area contributed by atoms with Crippen LogP contribution in [0, 0.1) is 5.92 Å². The van der Waals surface area contributed by atoms with Crippen molar-refractivity contribution in [3.8, 4) is 5.75 Å². The van der Waals surface area contributed by atoms with Crippen LogP contribution >= 0.6 is 23.2 Å². The largest absolute Gasteiger partial charge is 0.495 e. The van der Waals surface area contributed by atoms with E-state index in [1.54, 1.807) is 32.0 Å². The van der Waals surface area contributed by atoms with Gasteiger partial charge in [0.2, 0.25) is 26.0 Å². The predicted octanol–water partition coefficient (Wildman–Crippen LogP) is 3.87. The second-order valence-corrected chi connectivity index (χ2v) is 13.3. The van der Waals surface area contributed by atoms with Crippen molar-refractivity contribution in [2.24, 2.45) is 5.92 Å². The molecular formula is C23H29Cl2N3O6S2. The molecule has 2 aromatic rings. The fraction of sp³-hybridized carbons (Fsp3) is 0.435. The van der Waals surface area contributed by atoms with Gasteiger partial charge in [-0.15, -0.1) is 0 Å². The maximum Gasteiger partial charge on any atom is 0.240 e. The summed E-state index contributed by atoms with van der Waals surface area (Å²) in [7, 11) is -6.19. The zero-order chi connectivity index (χ0) is 26.7. The van der Waals surface area contributed by atoms with Gasteiger partial charge in [0, 0.05) is 34.7 Å². The molecule has 3 rings (SSSR count). The highest BCUT2D eigenvalue weighted by Gasteiger charge is 2.33. The number of ether oxygens (including phenoxy) is 1. The SMILES string of the molecule is COc1ccc(S(=O)(=O)NC(C)C)cc1NC(=O)C1CCCN(S(=O)(=O)Cc2c(Cl)cccc2Cl)C1. The van der Waals surface area contributed by atoms with Gasteiger partial charge in [-0.3, -0.25) is 4.79 Å². The molecule has 1 aliphatic rings. The topological polar surface area (TPSA) is 122 Å². The molecule has 1 heterocycles. The first-order valence-electron chi connectivity index (χ1n) is 11.3. The molecule has 13 heteroatoms. The molecule has 0 spiro atoms. The lowest BCUT2D eigenvalue weighted by Crippen LogP contribution is -2.44. The summed E-state index contributed by atoms with van der Waals surface area (Å²) in [6.45, 7) is 3.65. The number of sulfonamides is 2. The molecular weight excluding hydrogens is 549 g/mol. The summed E-state index contributed by atoms with van der Waals surface area (Å²) in [5, 5.41) is 3.23. The number of hydrogen-bond donors (Lipinski definition) is 2. The van der Waals surface area contributed by atoms with E-state index in [2.05, 4.69) is 10.0 Å². The predicted molar refractivity (Wildman–Crippen MR) is 140 cm³/mol. The fourth-order valence-corrected chi connectivity index (χ4v) is 7.56. The Hall–Kier alpha value is -1.89. The average Bonchev–Trinajstić information content (AvgIpc) is 2.81. The zero-order valence-corrected chi connectivity index (χ0v) is 23.3. The van der Waals surface area contributed by atoms with Crippen LogP contribution in [-0.2, 0) is 30.6 Å². The Kier molecular flexibility index (Phi) is 9.29. The number of hydrogen-bond acceptors (Lipinski definition) is 6. The minimum Gasteiger partial charge on any atom is -0.495 e. The Balaban J connectivity index is 1.78. The highest BCUT2D eigenvalue weighted by atomic mass is 35.5. The molecule has 1 unspecified atom stereocenters. The van der Waals surface area contributed by atoms with Gasteiger partial charge in [0.25, 0.3) is 0 Å². The van der Waals surface area contributed by atoms with Gasteiger partial charge in [-0.05, 0) is 57.0 Å². The van der Waals surface area contributed by atoms with E-state index in [0.717, 1.165) is 0 Å². The van der Waals surface area contributed by atoms with E-state index < -0.39 is 31.9 Å². The highest BCUT2D eigenvalue weighted by molar-refractivity contribution is 7.89. The van der Waals surface area contributed by atoms with Crippen molar-refractivity contribution in [1.29, 1.82) is 0 Å². The van der Waals surface area contributed by atoms with Crippen molar-refractivity contribution in [3.05, 3.63) is 52.0 Å². The molecule has 0 radical (unpaired) electrons. The van der Waals surface area contributed by atoms with E-state index in [4.69, 9.17) is 27.9 Å². The third kappa shape index (κ3) is 6.90. The number of rotatable bonds is 9. The van der Waals surface area contributed by atoms with Crippen molar-refractivity contribution in [3.63, 3.8) is 0 Å². The third-order valence-electron chi connectivity index (χ3n) is 5.67.